The van der Waals surface area contributed by atoms with Crippen molar-refractivity contribution in [3.05, 3.63) is 72.1 Å². The minimum absolute atomic E-state index is 0.00254. The van der Waals surface area contributed by atoms with Gasteiger partial charge in [0.2, 0.25) is 21.8 Å². The lowest BCUT2D eigenvalue weighted by molar-refractivity contribution is -0.126. The Labute approximate surface area is 249 Å². The number of halogens is 1. The summed E-state index contributed by atoms with van der Waals surface area (Å²) in [7, 11) is -1.94. The zero-order valence-corrected chi connectivity index (χ0v) is 25.2. The van der Waals surface area contributed by atoms with Crippen LogP contribution in [0.25, 0.3) is 22.0 Å². The van der Waals surface area contributed by atoms with Crippen molar-refractivity contribution in [2.24, 2.45) is 0 Å². The van der Waals surface area contributed by atoms with E-state index in [-0.39, 0.29) is 41.6 Å². The third-order valence-corrected chi connectivity index (χ3v) is 8.80. The average molecular weight is 605 g/mol. The molecule has 0 unspecified atom stereocenters. The number of fused-ring (bicyclic) bond motifs is 4. The Kier molecular flexibility index (Phi) is 7.29. The van der Waals surface area contributed by atoms with Crippen LogP contribution in [0.15, 0.2) is 55.1 Å². The quantitative estimate of drug-likeness (QED) is 0.270. The molecule has 224 valence electrons. The zero-order valence-electron chi connectivity index (χ0n) is 24.4. The normalized spacial score (nSPS) is 19.6. The van der Waals surface area contributed by atoms with Crippen LogP contribution in [-0.4, -0.2) is 61.8 Å². The lowest BCUT2D eigenvalue weighted by atomic mass is 9.57. The van der Waals surface area contributed by atoms with Gasteiger partial charge in [0.1, 0.15) is 18.1 Å². The molecule has 2 N–H and O–H groups in total. The van der Waals surface area contributed by atoms with Crippen LogP contribution < -0.4 is 19.7 Å². The van der Waals surface area contributed by atoms with Gasteiger partial charge in [0.15, 0.2) is 0 Å². The molecular weight excluding hydrogens is 571 g/mol. The van der Waals surface area contributed by atoms with E-state index in [2.05, 4.69) is 25.0 Å². The molecule has 3 aromatic heterocycles. The number of nitrogens with zero attached hydrogens (tertiary/aromatic N) is 4. The van der Waals surface area contributed by atoms with Crippen molar-refractivity contribution in [1.29, 1.82) is 0 Å². The van der Waals surface area contributed by atoms with E-state index in [0.717, 1.165) is 17.4 Å². The summed E-state index contributed by atoms with van der Waals surface area (Å²) in [6.45, 7) is 4.81. The van der Waals surface area contributed by atoms with Gasteiger partial charge >= 0.3 is 0 Å². The molecule has 1 aliphatic heterocycles. The fourth-order valence-corrected chi connectivity index (χ4v) is 6.78. The Morgan fingerprint density at radius 2 is 1.88 bits per heavy atom. The number of sulfonamides is 1. The number of benzene rings is 1. The van der Waals surface area contributed by atoms with E-state index in [1.807, 2.05) is 26.0 Å². The van der Waals surface area contributed by atoms with Crippen LogP contribution in [-0.2, 0) is 20.2 Å². The van der Waals surface area contributed by atoms with E-state index in [0.29, 0.717) is 41.5 Å². The lowest BCUT2D eigenvalue weighted by Gasteiger charge is -2.44. The Morgan fingerprint density at radius 1 is 1.14 bits per heavy atom. The summed E-state index contributed by atoms with van der Waals surface area (Å²) < 4.78 is 48.2. The predicted octanol–water partition coefficient (Wildman–Crippen LogP) is 4.37. The highest BCUT2D eigenvalue weighted by Crippen LogP contribution is 2.60. The molecule has 4 aromatic rings. The second-order valence-corrected chi connectivity index (χ2v) is 13.4. The molecule has 0 bridgehead atoms. The predicted molar refractivity (Wildman–Crippen MR) is 163 cm³/mol. The first-order valence-corrected chi connectivity index (χ1v) is 16.0. The molecule has 10 nitrogen and oxygen atoms in total. The highest BCUT2D eigenvalue weighted by Gasteiger charge is 2.58. The van der Waals surface area contributed by atoms with Crippen LogP contribution in [0.2, 0.25) is 0 Å². The number of carbonyl (C=O) groups excluding carboxylic acids is 1. The van der Waals surface area contributed by atoms with Crippen molar-refractivity contribution in [2.75, 3.05) is 36.1 Å². The minimum atomic E-state index is -3.68. The number of nitrogens with one attached hydrogen (secondary N) is 2. The summed E-state index contributed by atoms with van der Waals surface area (Å²) in [5, 5.41) is 3.90. The number of hydrogen-bond acceptors (Lipinski definition) is 8. The van der Waals surface area contributed by atoms with Gasteiger partial charge in [-0.2, -0.15) is 0 Å². The Balaban J connectivity index is 1.41. The summed E-state index contributed by atoms with van der Waals surface area (Å²) in [5.41, 5.74) is 3.05. The Bertz CT molecular complexity index is 1830. The van der Waals surface area contributed by atoms with E-state index >= 15 is 4.39 Å². The van der Waals surface area contributed by atoms with Crippen molar-refractivity contribution in [1.82, 2.24) is 20.3 Å². The second-order valence-electron chi connectivity index (χ2n) is 11.6. The first kappa shape index (κ1) is 28.9. The first-order valence-electron chi connectivity index (χ1n) is 14.1. The van der Waals surface area contributed by atoms with Gasteiger partial charge in [-0.1, -0.05) is 13.8 Å². The largest absolute Gasteiger partial charge is 0.475 e. The SMILES string of the molecule is CC(C)NCCOc1ncc(-c2cc3c(cc2F)ncc2c3[C@]3(C[C@@H](c4ccncc4)C3)C(=O)N2C)cc1NS(C)(=O)=O. The third-order valence-electron chi connectivity index (χ3n) is 8.21. The molecule has 0 radical (unpaired) electrons. The monoisotopic (exact) mass is 604 g/mol. The van der Waals surface area contributed by atoms with Crippen LogP contribution >= 0.6 is 0 Å². The van der Waals surface area contributed by atoms with E-state index in [9.17, 15) is 13.2 Å². The number of amides is 1. The molecule has 1 aliphatic carbocycles. The van der Waals surface area contributed by atoms with Gasteiger partial charge in [-0.15, -0.1) is 0 Å². The van der Waals surface area contributed by atoms with Crippen molar-refractivity contribution >= 4 is 38.2 Å². The van der Waals surface area contributed by atoms with Crippen LogP contribution in [0, 0.1) is 5.82 Å². The summed E-state index contributed by atoms with van der Waals surface area (Å²) in [6.07, 6.45) is 8.88. The zero-order chi connectivity index (χ0) is 30.5. The second kappa shape index (κ2) is 10.8. The molecule has 43 heavy (non-hydrogen) atoms. The smallest absolute Gasteiger partial charge is 0.238 e. The van der Waals surface area contributed by atoms with Crippen LogP contribution in [0.1, 0.15) is 43.7 Å². The van der Waals surface area contributed by atoms with Gasteiger partial charge in [-0.05, 0) is 48.6 Å². The number of carbonyl (C=O) groups is 1. The van der Waals surface area contributed by atoms with Gasteiger partial charge in [0.25, 0.3) is 0 Å². The highest BCUT2D eigenvalue weighted by atomic mass is 32.2. The van der Waals surface area contributed by atoms with Gasteiger partial charge < -0.3 is 15.0 Å². The van der Waals surface area contributed by atoms with Gasteiger partial charge in [0.05, 0.1) is 29.1 Å². The molecule has 12 heteroatoms. The summed E-state index contributed by atoms with van der Waals surface area (Å²) in [5.74, 6) is -0.252. The molecule has 1 amide bonds. The molecule has 1 saturated carbocycles. The molecule has 4 heterocycles. The van der Waals surface area contributed by atoms with Crippen molar-refractivity contribution in [3.8, 4) is 17.0 Å². The fraction of sp³-hybridized carbons (Fsp3) is 0.355. The number of rotatable bonds is 9. The molecule has 0 atom stereocenters. The number of aromatic nitrogens is 3. The summed E-state index contributed by atoms with van der Waals surface area (Å²) in [4.78, 5) is 28.3. The van der Waals surface area contributed by atoms with Crippen molar-refractivity contribution < 1.29 is 22.3 Å². The number of pyridine rings is 3. The summed E-state index contributed by atoms with van der Waals surface area (Å²) >= 11 is 0. The Morgan fingerprint density at radius 3 is 2.58 bits per heavy atom. The number of likely N-dealkylation sites (N-methyl/N-ethyl adjacent to an activating group) is 1. The molecular formula is C31H33FN6O4S. The molecule has 1 aromatic carbocycles. The number of anilines is 2. The fourth-order valence-electron chi connectivity index (χ4n) is 6.23. The molecule has 6 rings (SSSR count). The molecule has 1 fully saturated rings. The molecule has 1 spiro atoms. The van der Waals surface area contributed by atoms with Crippen LogP contribution in [0.3, 0.4) is 0 Å². The standard InChI is InChI=1S/C31H33FN6O4S/c1-18(2)34-9-10-42-29-26(37-43(4,40)41)11-20(16-36-29)22-12-23-25(13-24(22)32)35-17-27-28(23)31(30(39)38(27)3)14-21(15-31)19-5-7-33-8-6-19/h5-8,11-13,16-18,21,34,37H,9-10,14-15H2,1-4H3/t21-,31-. The third kappa shape index (κ3) is 5.29. The first-order chi connectivity index (χ1) is 20.5. The molecule has 0 saturated heterocycles. The van der Waals surface area contributed by atoms with Crippen molar-refractivity contribution in [3.63, 3.8) is 0 Å². The van der Waals surface area contributed by atoms with Gasteiger partial charge in [-0.3, -0.25) is 19.5 Å². The number of hydrogen-bond donors (Lipinski definition) is 2. The van der Waals surface area contributed by atoms with Crippen LogP contribution in [0.4, 0.5) is 15.8 Å². The van der Waals surface area contributed by atoms with E-state index in [4.69, 9.17) is 4.74 Å². The van der Waals surface area contributed by atoms with Crippen LogP contribution in [0.5, 0.6) is 5.88 Å². The average Bonchev–Trinajstić information content (AvgIpc) is 3.16. The lowest BCUT2D eigenvalue weighted by Crippen LogP contribution is -2.47. The van der Waals surface area contributed by atoms with E-state index < -0.39 is 21.3 Å². The summed E-state index contributed by atoms with van der Waals surface area (Å²) in [6, 6.07) is 8.77. The van der Waals surface area contributed by atoms with Gasteiger partial charge in [0, 0.05) is 66.4 Å². The number of ether oxygens (including phenoxy) is 1. The van der Waals surface area contributed by atoms with E-state index in [1.165, 1.54) is 18.3 Å². The van der Waals surface area contributed by atoms with Gasteiger partial charge in [-0.25, -0.2) is 17.8 Å². The maximum atomic E-state index is 15.6. The van der Waals surface area contributed by atoms with Crippen molar-refractivity contribution in [2.45, 2.75) is 44.1 Å². The van der Waals surface area contributed by atoms with E-state index in [1.54, 1.807) is 36.6 Å². The Hall–Kier alpha value is -4.16. The topological polar surface area (TPSA) is 126 Å². The maximum absolute atomic E-state index is 15.6. The minimum Gasteiger partial charge on any atom is -0.475 e. The highest BCUT2D eigenvalue weighted by molar-refractivity contribution is 7.92. The maximum Gasteiger partial charge on any atom is 0.238 e. The molecule has 2 aliphatic rings.